The van der Waals surface area contributed by atoms with E-state index in [0.717, 1.165) is 18.7 Å². The molecule has 0 radical (unpaired) electrons. The zero-order valence-corrected chi connectivity index (χ0v) is 13.3. The maximum absolute atomic E-state index is 9.35. The van der Waals surface area contributed by atoms with E-state index in [1.807, 2.05) is 26.0 Å². The minimum absolute atomic E-state index is 0.00907. The minimum atomic E-state index is -0.533. The van der Waals surface area contributed by atoms with Crippen molar-refractivity contribution in [2.75, 3.05) is 6.54 Å². The zero-order valence-electron chi connectivity index (χ0n) is 13.3. The fourth-order valence-electron chi connectivity index (χ4n) is 2.41. The zero-order chi connectivity index (χ0) is 15.2. The molecule has 0 fully saturated rings. The smallest absolute Gasteiger partial charge is 0.120 e. The molecule has 2 unspecified atom stereocenters. The Labute approximate surface area is 123 Å². The van der Waals surface area contributed by atoms with Crippen LogP contribution in [-0.4, -0.2) is 18.2 Å². The van der Waals surface area contributed by atoms with Crippen molar-refractivity contribution in [3.8, 4) is 11.8 Å². The molecule has 3 nitrogen and oxygen atoms in total. The summed E-state index contributed by atoms with van der Waals surface area (Å²) in [6, 6.07) is 8.56. The van der Waals surface area contributed by atoms with Crippen molar-refractivity contribution in [1.29, 1.82) is 5.26 Å². The van der Waals surface area contributed by atoms with Gasteiger partial charge in [-0.05, 0) is 63.9 Å². The lowest BCUT2D eigenvalue weighted by Gasteiger charge is -2.27. The summed E-state index contributed by atoms with van der Waals surface area (Å²) in [7, 11) is 0. The standard InChI is InChI=1S/C17H26N2O/c1-6-7-19-17(5,12-18)11-15(4)20-16-9-13(2)8-14(3)10-16/h8-10,15,19H,6-7,11H2,1-5H3. The number of benzene rings is 1. The van der Waals surface area contributed by atoms with Gasteiger partial charge < -0.3 is 4.74 Å². The Morgan fingerprint density at radius 2 is 1.90 bits per heavy atom. The number of hydrogen-bond acceptors (Lipinski definition) is 3. The average molecular weight is 274 g/mol. The highest BCUT2D eigenvalue weighted by Crippen LogP contribution is 2.21. The highest BCUT2D eigenvalue weighted by atomic mass is 16.5. The quantitative estimate of drug-likeness (QED) is 0.823. The van der Waals surface area contributed by atoms with Crippen molar-refractivity contribution in [2.45, 2.75) is 59.1 Å². The summed E-state index contributed by atoms with van der Waals surface area (Å²) >= 11 is 0. The van der Waals surface area contributed by atoms with E-state index in [4.69, 9.17) is 4.74 Å². The number of hydrogen-bond donors (Lipinski definition) is 1. The van der Waals surface area contributed by atoms with E-state index in [0.29, 0.717) is 6.42 Å². The van der Waals surface area contributed by atoms with Gasteiger partial charge >= 0.3 is 0 Å². The van der Waals surface area contributed by atoms with E-state index in [-0.39, 0.29) is 6.10 Å². The van der Waals surface area contributed by atoms with Crippen LogP contribution in [0.2, 0.25) is 0 Å². The Bertz CT molecular complexity index is 458. The molecule has 0 aromatic heterocycles. The Hall–Kier alpha value is -1.53. The molecule has 0 amide bonds. The normalized spacial score (nSPS) is 15.2. The first kappa shape index (κ1) is 16.5. The second-order valence-electron chi connectivity index (χ2n) is 5.83. The Balaban J connectivity index is 2.66. The monoisotopic (exact) mass is 274 g/mol. The largest absolute Gasteiger partial charge is 0.491 e. The maximum atomic E-state index is 9.35. The van der Waals surface area contributed by atoms with Crippen LogP contribution < -0.4 is 10.1 Å². The van der Waals surface area contributed by atoms with E-state index in [9.17, 15) is 5.26 Å². The summed E-state index contributed by atoms with van der Waals surface area (Å²) in [6.45, 7) is 11.0. The van der Waals surface area contributed by atoms with Crippen molar-refractivity contribution < 1.29 is 4.74 Å². The Kier molecular flexibility index (Phi) is 6.04. The van der Waals surface area contributed by atoms with Crippen LogP contribution in [0.4, 0.5) is 0 Å². The second kappa shape index (κ2) is 7.31. The summed E-state index contributed by atoms with van der Waals surface area (Å²) in [6.07, 6.45) is 1.67. The highest BCUT2D eigenvalue weighted by molar-refractivity contribution is 5.33. The average Bonchev–Trinajstić information content (AvgIpc) is 2.35. The number of nitriles is 1. The van der Waals surface area contributed by atoms with Gasteiger partial charge in [0.1, 0.15) is 11.3 Å². The molecule has 0 spiro atoms. The van der Waals surface area contributed by atoms with Gasteiger partial charge in [-0.15, -0.1) is 0 Å². The predicted octanol–water partition coefficient (Wildman–Crippen LogP) is 3.74. The van der Waals surface area contributed by atoms with Gasteiger partial charge in [-0.2, -0.15) is 5.26 Å². The third kappa shape index (κ3) is 5.22. The SMILES string of the molecule is CCCNC(C)(C#N)CC(C)Oc1cc(C)cc(C)c1. The van der Waals surface area contributed by atoms with Gasteiger partial charge in [-0.25, -0.2) is 0 Å². The fraction of sp³-hybridized carbons (Fsp3) is 0.588. The van der Waals surface area contributed by atoms with Crippen LogP contribution in [0.15, 0.2) is 18.2 Å². The minimum Gasteiger partial charge on any atom is -0.491 e. The van der Waals surface area contributed by atoms with Crippen LogP contribution in [0.25, 0.3) is 0 Å². The van der Waals surface area contributed by atoms with Gasteiger partial charge in [-0.1, -0.05) is 13.0 Å². The molecule has 2 atom stereocenters. The molecule has 0 aliphatic carbocycles. The van der Waals surface area contributed by atoms with Gasteiger partial charge in [0.15, 0.2) is 0 Å². The first-order chi connectivity index (χ1) is 9.38. The van der Waals surface area contributed by atoms with Crippen LogP contribution in [0.1, 0.15) is 44.7 Å². The summed E-state index contributed by atoms with van der Waals surface area (Å²) in [5.41, 5.74) is 1.85. The van der Waals surface area contributed by atoms with Crippen molar-refractivity contribution >= 4 is 0 Å². The summed E-state index contributed by atoms with van der Waals surface area (Å²) < 4.78 is 5.96. The van der Waals surface area contributed by atoms with Crippen molar-refractivity contribution in [3.63, 3.8) is 0 Å². The molecule has 1 aromatic rings. The second-order valence-corrected chi connectivity index (χ2v) is 5.83. The molecule has 20 heavy (non-hydrogen) atoms. The Morgan fingerprint density at radius 3 is 2.40 bits per heavy atom. The Morgan fingerprint density at radius 1 is 1.30 bits per heavy atom. The van der Waals surface area contributed by atoms with Gasteiger partial charge in [0, 0.05) is 6.42 Å². The van der Waals surface area contributed by atoms with Crippen LogP contribution >= 0.6 is 0 Å². The van der Waals surface area contributed by atoms with Crippen LogP contribution in [-0.2, 0) is 0 Å². The first-order valence-corrected chi connectivity index (χ1v) is 7.30. The van der Waals surface area contributed by atoms with E-state index in [2.05, 4.69) is 38.2 Å². The number of ether oxygens (including phenoxy) is 1. The van der Waals surface area contributed by atoms with Gasteiger partial charge in [0.2, 0.25) is 0 Å². The first-order valence-electron chi connectivity index (χ1n) is 7.30. The molecule has 0 heterocycles. The molecule has 1 rings (SSSR count). The molecule has 0 saturated carbocycles. The molecular formula is C17H26N2O. The molecule has 0 aliphatic heterocycles. The predicted molar refractivity (Wildman–Crippen MR) is 82.9 cm³/mol. The molecule has 1 N–H and O–H groups in total. The van der Waals surface area contributed by atoms with Crippen molar-refractivity contribution in [1.82, 2.24) is 5.32 Å². The third-order valence-corrected chi connectivity index (χ3v) is 3.24. The summed E-state index contributed by atoms with van der Waals surface area (Å²) in [5.74, 6) is 0.880. The molecule has 0 bridgehead atoms. The lowest BCUT2D eigenvalue weighted by Crippen LogP contribution is -2.44. The summed E-state index contributed by atoms with van der Waals surface area (Å²) in [5, 5.41) is 12.6. The van der Waals surface area contributed by atoms with Gasteiger partial charge in [0.05, 0.1) is 12.2 Å². The lowest BCUT2D eigenvalue weighted by atomic mass is 9.96. The molecule has 0 saturated heterocycles. The summed E-state index contributed by atoms with van der Waals surface area (Å²) in [4.78, 5) is 0. The van der Waals surface area contributed by atoms with Gasteiger partial charge in [-0.3, -0.25) is 5.32 Å². The third-order valence-electron chi connectivity index (χ3n) is 3.24. The highest BCUT2D eigenvalue weighted by Gasteiger charge is 2.26. The van der Waals surface area contributed by atoms with E-state index in [1.54, 1.807) is 0 Å². The number of nitrogens with one attached hydrogen (secondary N) is 1. The van der Waals surface area contributed by atoms with Crippen LogP contribution in [0.5, 0.6) is 5.75 Å². The lowest BCUT2D eigenvalue weighted by molar-refractivity contribution is 0.179. The van der Waals surface area contributed by atoms with Crippen molar-refractivity contribution in [2.24, 2.45) is 0 Å². The molecule has 0 aliphatic rings. The fourth-order valence-corrected chi connectivity index (χ4v) is 2.41. The van der Waals surface area contributed by atoms with Crippen molar-refractivity contribution in [3.05, 3.63) is 29.3 Å². The van der Waals surface area contributed by atoms with E-state index in [1.165, 1.54) is 11.1 Å². The van der Waals surface area contributed by atoms with Crippen LogP contribution in [0.3, 0.4) is 0 Å². The molecule has 110 valence electrons. The molecule has 1 aromatic carbocycles. The van der Waals surface area contributed by atoms with Crippen LogP contribution in [0, 0.1) is 25.2 Å². The van der Waals surface area contributed by atoms with E-state index < -0.39 is 5.54 Å². The van der Waals surface area contributed by atoms with Gasteiger partial charge in [0.25, 0.3) is 0 Å². The molecule has 3 heteroatoms. The number of nitrogens with zero attached hydrogens (tertiary/aromatic N) is 1. The number of aryl methyl sites for hydroxylation is 2. The maximum Gasteiger partial charge on any atom is 0.120 e. The molecular weight excluding hydrogens is 248 g/mol. The number of rotatable bonds is 7. The van der Waals surface area contributed by atoms with E-state index >= 15 is 0 Å². The topological polar surface area (TPSA) is 45.0 Å².